The Morgan fingerprint density at radius 2 is 1.70 bits per heavy atom. The minimum absolute atomic E-state index is 0.188. The maximum atomic E-state index is 12.5. The van der Waals surface area contributed by atoms with E-state index in [1.807, 2.05) is 30.3 Å². The number of hydrazine groups is 1. The summed E-state index contributed by atoms with van der Waals surface area (Å²) in [7, 11) is 0. The summed E-state index contributed by atoms with van der Waals surface area (Å²) >= 11 is 0. The molecule has 6 nitrogen and oxygen atoms in total. The zero-order chi connectivity index (χ0) is 16.1. The Balaban J connectivity index is 1.64. The molecule has 6 heteroatoms. The SMILES string of the molecule is O=C(OCc1ccccc1)N1CCCN1C(=O)c1ccncc1. The largest absolute Gasteiger partial charge is 0.443 e. The van der Waals surface area contributed by atoms with Crippen LogP contribution in [0.15, 0.2) is 54.9 Å². The van der Waals surface area contributed by atoms with Crippen LogP contribution in [0.4, 0.5) is 4.79 Å². The van der Waals surface area contributed by atoms with E-state index in [-0.39, 0.29) is 12.5 Å². The fourth-order valence-electron chi connectivity index (χ4n) is 2.45. The van der Waals surface area contributed by atoms with Gasteiger partial charge in [0.1, 0.15) is 6.61 Å². The Hall–Kier alpha value is -2.89. The number of rotatable bonds is 3. The molecule has 0 spiro atoms. The van der Waals surface area contributed by atoms with Gasteiger partial charge in [-0.25, -0.2) is 14.8 Å². The number of aromatic nitrogens is 1. The third-order valence-corrected chi connectivity index (χ3v) is 3.61. The fraction of sp³-hybridized carbons (Fsp3) is 0.235. The van der Waals surface area contributed by atoms with Crippen molar-refractivity contribution in [1.82, 2.24) is 15.0 Å². The average molecular weight is 311 g/mol. The Morgan fingerprint density at radius 1 is 1.00 bits per heavy atom. The van der Waals surface area contributed by atoms with E-state index < -0.39 is 6.09 Å². The first-order valence-electron chi connectivity index (χ1n) is 7.46. The van der Waals surface area contributed by atoms with Crippen LogP contribution in [-0.4, -0.2) is 40.1 Å². The molecule has 1 aliphatic rings. The van der Waals surface area contributed by atoms with E-state index in [9.17, 15) is 9.59 Å². The van der Waals surface area contributed by atoms with E-state index in [4.69, 9.17) is 4.74 Å². The molecule has 2 heterocycles. The minimum Gasteiger partial charge on any atom is -0.443 e. The van der Waals surface area contributed by atoms with E-state index in [1.165, 1.54) is 10.0 Å². The van der Waals surface area contributed by atoms with Gasteiger partial charge < -0.3 is 4.74 Å². The second-order valence-corrected chi connectivity index (χ2v) is 5.18. The van der Waals surface area contributed by atoms with Crippen molar-refractivity contribution < 1.29 is 14.3 Å². The van der Waals surface area contributed by atoms with Crippen molar-refractivity contribution in [2.45, 2.75) is 13.0 Å². The summed E-state index contributed by atoms with van der Waals surface area (Å²) in [4.78, 5) is 28.6. The number of ether oxygens (including phenoxy) is 1. The van der Waals surface area contributed by atoms with E-state index in [0.717, 1.165) is 12.0 Å². The lowest BCUT2D eigenvalue weighted by Crippen LogP contribution is -2.45. The van der Waals surface area contributed by atoms with E-state index >= 15 is 0 Å². The number of hydrogen-bond acceptors (Lipinski definition) is 4. The highest BCUT2D eigenvalue weighted by molar-refractivity contribution is 5.95. The van der Waals surface area contributed by atoms with Crippen LogP contribution in [0, 0.1) is 0 Å². The molecule has 0 radical (unpaired) electrons. The molecule has 0 bridgehead atoms. The number of hydrogen-bond donors (Lipinski definition) is 0. The Morgan fingerprint density at radius 3 is 2.43 bits per heavy atom. The molecule has 3 rings (SSSR count). The van der Waals surface area contributed by atoms with E-state index in [2.05, 4.69) is 4.98 Å². The van der Waals surface area contributed by atoms with Crippen LogP contribution in [0.1, 0.15) is 22.3 Å². The maximum absolute atomic E-state index is 12.5. The topological polar surface area (TPSA) is 62.7 Å². The summed E-state index contributed by atoms with van der Waals surface area (Å²) in [5.74, 6) is -0.221. The van der Waals surface area contributed by atoms with Gasteiger partial charge in [-0.2, -0.15) is 0 Å². The average Bonchev–Trinajstić information content (AvgIpc) is 3.10. The molecule has 0 N–H and O–H groups in total. The second-order valence-electron chi connectivity index (χ2n) is 5.18. The summed E-state index contributed by atoms with van der Waals surface area (Å²) in [6.07, 6.45) is 3.34. The first kappa shape index (κ1) is 15.0. The molecule has 0 saturated carbocycles. The lowest BCUT2D eigenvalue weighted by molar-refractivity contribution is 0.0111. The van der Waals surface area contributed by atoms with Crippen LogP contribution in [0.2, 0.25) is 0 Å². The van der Waals surface area contributed by atoms with Crippen LogP contribution in [-0.2, 0) is 11.3 Å². The molecule has 1 aromatic heterocycles. The summed E-state index contributed by atoms with van der Waals surface area (Å²) < 4.78 is 5.31. The van der Waals surface area contributed by atoms with E-state index in [1.54, 1.807) is 24.5 Å². The number of amides is 2. The highest BCUT2D eigenvalue weighted by atomic mass is 16.6. The Bertz CT molecular complexity index is 676. The molecule has 118 valence electrons. The number of carbonyl (C=O) groups excluding carboxylic acids is 2. The van der Waals surface area contributed by atoms with E-state index in [0.29, 0.717) is 18.7 Å². The third kappa shape index (κ3) is 3.48. The van der Waals surface area contributed by atoms with Crippen molar-refractivity contribution in [3.63, 3.8) is 0 Å². The van der Waals surface area contributed by atoms with Crippen molar-refractivity contribution in [2.24, 2.45) is 0 Å². The van der Waals surface area contributed by atoms with Crippen LogP contribution in [0.3, 0.4) is 0 Å². The number of pyridine rings is 1. The molecule has 1 fully saturated rings. The van der Waals surface area contributed by atoms with Gasteiger partial charge in [0.05, 0.1) is 0 Å². The van der Waals surface area contributed by atoms with Crippen LogP contribution in [0.25, 0.3) is 0 Å². The second kappa shape index (κ2) is 6.91. The number of carbonyl (C=O) groups is 2. The Kier molecular flexibility index (Phi) is 4.52. The van der Waals surface area contributed by atoms with Crippen molar-refractivity contribution in [3.8, 4) is 0 Å². The molecule has 0 atom stereocenters. The van der Waals surface area contributed by atoms with Crippen molar-refractivity contribution in [1.29, 1.82) is 0 Å². The molecule has 1 saturated heterocycles. The lowest BCUT2D eigenvalue weighted by atomic mass is 10.2. The molecule has 23 heavy (non-hydrogen) atoms. The van der Waals surface area contributed by atoms with Gasteiger partial charge in [-0.15, -0.1) is 0 Å². The highest BCUT2D eigenvalue weighted by Crippen LogP contribution is 2.16. The maximum Gasteiger partial charge on any atom is 0.429 e. The van der Waals surface area contributed by atoms with Crippen molar-refractivity contribution in [3.05, 3.63) is 66.0 Å². The fourth-order valence-corrected chi connectivity index (χ4v) is 2.45. The smallest absolute Gasteiger partial charge is 0.429 e. The van der Waals surface area contributed by atoms with Gasteiger partial charge in [-0.3, -0.25) is 9.78 Å². The summed E-state index contributed by atoms with van der Waals surface area (Å²) in [6.45, 7) is 1.17. The number of nitrogens with zero attached hydrogens (tertiary/aromatic N) is 3. The zero-order valence-corrected chi connectivity index (χ0v) is 12.6. The Labute approximate surface area is 134 Å². The van der Waals surface area contributed by atoms with Gasteiger partial charge >= 0.3 is 6.09 Å². The van der Waals surface area contributed by atoms with Crippen molar-refractivity contribution in [2.75, 3.05) is 13.1 Å². The third-order valence-electron chi connectivity index (χ3n) is 3.61. The van der Waals surface area contributed by atoms with Gasteiger partial charge in [-0.05, 0) is 24.1 Å². The molecule has 0 aliphatic carbocycles. The zero-order valence-electron chi connectivity index (χ0n) is 12.6. The van der Waals surface area contributed by atoms with Gasteiger partial charge in [0, 0.05) is 31.0 Å². The monoisotopic (exact) mass is 311 g/mol. The molecule has 2 amide bonds. The predicted octanol–water partition coefficient (Wildman–Crippen LogP) is 2.48. The molecule has 0 unspecified atom stereocenters. The van der Waals surface area contributed by atoms with Crippen LogP contribution < -0.4 is 0 Å². The number of benzene rings is 1. The summed E-state index contributed by atoms with van der Waals surface area (Å²) in [5, 5.41) is 2.80. The summed E-state index contributed by atoms with van der Waals surface area (Å²) in [6, 6.07) is 12.7. The van der Waals surface area contributed by atoms with Gasteiger partial charge in [0.15, 0.2) is 0 Å². The molecular weight excluding hydrogens is 294 g/mol. The van der Waals surface area contributed by atoms with Crippen LogP contribution in [0.5, 0.6) is 0 Å². The standard InChI is InChI=1S/C17H17N3O3/c21-16(15-7-9-18-10-8-15)19-11-4-12-20(19)17(22)23-13-14-5-2-1-3-6-14/h1-3,5-10H,4,11-13H2. The normalized spacial score (nSPS) is 13.9. The van der Waals surface area contributed by atoms with Crippen molar-refractivity contribution >= 4 is 12.0 Å². The van der Waals surface area contributed by atoms with Gasteiger partial charge in [0.25, 0.3) is 5.91 Å². The molecule has 2 aromatic rings. The molecular formula is C17H17N3O3. The molecule has 1 aromatic carbocycles. The van der Waals surface area contributed by atoms with Gasteiger partial charge in [0.2, 0.25) is 0 Å². The summed E-state index contributed by atoms with van der Waals surface area (Å²) in [5.41, 5.74) is 1.41. The minimum atomic E-state index is -0.506. The first-order valence-corrected chi connectivity index (χ1v) is 7.46. The quantitative estimate of drug-likeness (QED) is 0.873. The lowest BCUT2D eigenvalue weighted by Gasteiger charge is -2.27. The predicted molar refractivity (Wildman–Crippen MR) is 83.2 cm³/mol. The van der Waals surface area contributed by atoms with Crippen LogP contribution >= 0.6 is 0 Å². The highest BCUT2D eigenvalue weighted by Gasteiger charge is 2.32. The van der Waals surface area contributed by atoms with Gasteiger partial charge in [-0.1, -0.05) is 30.3 Å². The first-order chi connectivity index (χ1) is 11.3. The molecule has 1 aliphatic heterocycles.